The molecule has 0 aliphatic carbocycles. The molecule has 3 aromatic rings. The summed E-state index contributed by atoms with van der Waals surface area (Å²) in [5, 5.41) is 5.73. The Morgan fingerprint density at radius 3 is 2.07 bits per heavy atom. The summed E-state index contributed by atoms with van der Waals surface area (Å²) in [6.07, 6.45) is 4.06. The van der Waals surface area contributed by atoms with Gasteiger partial charge in [0.05, 0.1) is 24.8 Å². The second-order valence-electron chi connectivity index (χ2n) is 16.3. The van der Waals surface area contributed by atoms with Crippen molar-refractivity contribution in [2.45, 2.75) is 80.2 Å². The molecule has 4 amide bonds. The highest BCUT2D eigenvalue weighted by Crippen LogP contribution is 2.28. The molecule has 12 nitrogen and oxygen atoms in total. The summed E-state index contributed by atoms with van der Waals surface area (Å²) in [5.74, 6) is -1.42. The Labute approximate surface area is 330 Å². The fourth-order valence-corrected chi connectivity index (χ4v) is 6.04. The van der Waals surface area contributed by atoms with Crippen LogP contribution in [0.25, 0.3) is 0 Å². The predicted octanol–water partition coefficient (Wildman–Crippen LogP) is 6.04. The van der Waals surface area contributed by atoms with E-state index in [1.807, 2.05) is 45.0 Å². The molecule has 0 fully saturated rings. The largest absolute Gasteiger partial charge is 0.490 e. The number of carbonyl (C=O) groups is 5. The number of benzene rings is 2. The van der Waals surface area contributed by atoms with Crippen molar-refractivity contribution in [3.8, 4) is 5.75 Å². The maximum atomic E-state index is 13.9. The van der Waals surface area contributed by atoms with Crippen LogP contribution in [0.4, 0.5) is 10.1 Å². The molecule has 0 unspecified atom stereocenters. The average molecular weight is 775 g/mol. The molecule has 13 heteroatoms. The number of anilines is 1. The van der Waals surface area contributed by atoms with E-state index in [1.54, 1.807) is 30.0 Å². The van der Waals surface area contributed by atoms with Crippen LogP contribution in [0, 0.1) is 22.6 Å². The fraction of sp³-hybridized carbons (Fsp3) is 0.488. The van der Waals surface area contributed by atoms with Gasteiger partial charge in [0.1, 0.15) is 23.9 Å². The maximum Gasteiger partial charge on any atom is 0.270 e. The predicted molar refractivity (Wildman–Crippen MR) is 216 cm³/mol. The van der Waals surface area contributed by atoms with Crippen LogP contribution < -0.4 is 21.1 Å². The number of ether oxygens (including phenoxy) is 1. The highest BCUT2D eigenvalue weighted by molar-refractivity contribution is 5.98. The first kappa shape index (κ1) is 45.2. The van der Waals surface area contributed by atoms with Gasteiger partial charge in [-0.05, 0) is 77.6 Å². The molecule has 0 bridgehead atoms. The summed E-state index contributed by atoms with van der Waals surface area (Å²) in [4.78, 5) is 70.8. The van der Waals surface area contributed by atoms with E-state index in [2.05, 4.69) is 36.4 Å². The Bertz CT molecular complexity index is 1810. The molecule has 0 radical (unpaired) electrons. The van der Waals surface area contributed by atoms with Gasteiger partial charge in [0.25, 0.3) is 5.91 Å². The van der Waals surface area contributed by atoms with Crippen molar-refractivity contribution in [2.24, 2.45) is 22.5 Å². The molecule has 304 valence electrons. The van der Waals surface area contributed by atoms with Gasteiger partial charge in [-0.1, -0.05) is 59.7 Å². The van der Waals surface area contributed by atoms with Gasteiger partial charge in [0.15, 0.2) is 5.78 Å². The van der Waals surface area contributed by atoms with E-state index in [4.69, 9.17) is 10.5 Å². The van der Waals surface area contributed by atoms with Gasteiger partial charge < -0.3 is 30.9 Å². The Balaban J connectivity index is 1.38. The molecule has 0 saturated carbocycles. The van der Waals surface area contributed by atoms with Gasteiger partial charge in [0, 0.05) is 51.6 Å². The molecule has 2 aromatic carbocycles. The van der Waals surface area contributed by atoms with E-state index < -0.39 is 22.9 Å². The van der Waals surface area contributed by atoms with Crippen LogP contribution in [0.15, 0.2) is 60.8 Å². The number of aromatic nitrogens is 1. The van der Waals surface area contributed by atoms with Crippen LogP contribution in [-0.4, -0.2) is 84.5 Å². The summed E-state index contributed by atoms with van der Waals surface area (Å²) >= 11 is 0. The lowest BCUT2D eigenvalue weighted by Crippen LogP contribution is -2.37. The van der Waals surface area contributed by atoms with Crippen molar-refractivity contribution in [3.63, 3.8) is 0 Å². The zero-order valence-corrected chi connectivity index (χ0v) is 34.2. The van der Waals surface area contributed by atoms with Gasteiger partial charge in [-0.15, -0.1) is 0 Å². The van der Waals surface area contributed by atoms with E-state index in [0.29, 0.717) is 30.8 Å². The topological polar surface area (TPSA) is 164 Å². The zero-order valence-electron chi connectivity index (χ0n) is 34.2. The number of hydrogen-bond donors (Lipinski definition) is 3. The second kappa shape index (κ2) is 20.7. The lowest BCUT2D eigenvalue weighted by Gasteiger charge is -2.28. The Morgan fingerprint density at radius 2 is 1.50 bits per heavy atom. The van der Waals surface area contributed by atoms with Crippen LogP contribution in [0.3, 0.4) is 0 Å². The number of Topliss-reactive ketones (excluding diaryl/α,β-unsaturated/α-hetero) is 1. The monoisotopic (exact) mass is 774 g/mol. The number of hydrogen-bond acceptors (Lipinski definition) is 8. The quantitative estimate of drug-likeness (QED) is 0.117. The van der Waals surface area contributed by atoms with E-state index >= 15 is 0 Å². The lowest BCUT2D eigenvalue weighted by molar-refractivity contribution is -0.135. The maximum absolute atomic E-state index is 13.9. The number of nitrogens with two attached hydrogens (primary N) is 1. The number of pyridine rings is 1. The molecule has 56 heavy (non-hydrogen) atoms. The van der Waals surface area contributed by atoms with Gasteiger partial charge in [-0.2, -0.15) is 0 Å². The third kappa shape index (κ3) is 14.8. The third-order valence-electron chi connectivity index (χ3n) is 9.42. The summed E-state index contributed by atoms with van der Waals surface area (Å²) < 4.78 is 19.7. The number of ketones is 1. The minimum absolute atomic E-state index is 0.0347. The Kier molecular flexibility index (Phi) is 16.7. The molecule has 1 atom stereocenters. The molecular formula is C43H59FN6O6. The number of nitrogens with one attached hydrogen (secondary N) is 2. The molecule has 4 N–H and O–H groups in total. The third-order valence-corrected chi connectivity index (χ3v) is 9.42. The number of halogens is 1. The van der Waals surface area contributed by atoms with Crippen LogP contribution in [-0.2, 0) is 27.3 Å². The normalized spacial score (nSPS) is 12.0. The number of amides is 4. The van der Waals surface area contributed by atoms with Crippen molar-refractivity contribution in [3.05, 3.63) is 89.0 Å². The number of likely N-dealkylation sites (N-methyl/N-ethyl adjacent to an activating group) is 2. The molecule has 0 saturated heterocycles. The van der Waals surface area contributed by atoms with Gasteiger partial charge in [-0.3, -0.25) is 24.0 Å². The summed E-state index contributed by atoms with van der Waals surface area (Å²) in [7, 11) is 3.45. The highest BCUT2D eigenvalue weighted by atomic mass is 19.1. The van der Waals surface area contributed by atoms with E-state index in [9.17, 15) is 28.4 Å². The average Bonchev–Trinajstić information content (AvgIpc) is 3.15. The molecule has 1 aromatic heterocycles. The number of carbonyl (C=O) groups excluding carboxylic acids is 5. The second-order valence-corrected chi connectivity index (χ2v) is 16.3. The number of rotatable bonds is 20. The SMILES string of the molecule is CC[C@@H](CC(C)(C)C)C(=O)Nc1ccc(CCN(C)C(=O)CC(C)(C)CC(=O)N(C)CCOc2ccc(C(=O)NCc3ccc(F)c(C(=O)CN)c3)nc2)cc1. The van der Waals surface area contributed by atoms with Gasteiger partial charge in [0.2, 0.25) is 17.7 Å². The van der Waals surface area contributed by atoms with Crippen molar-refractivity contribution in [1.82, 2.24) is 20.1 Å². The number of nitrogens with zero attached hydrogens (tertiary/aromatic N) is 3. The van der Waals surface area contributed by atoms with E-state index in [-0.39, 0.29) is 72.8 Å². The first-order chi connectivity index (χ1) is 26.3. The molecule has 0 spiro atoms. The van der Waals surface area contributed by atoms with Crippen molar-refractivity contribution in [2.75, 3.05) is 45.7 Å². The van der Waals surface area contributed by atoms with E-state index in [0.717, 1.165) is 30.2 Å². The van der Waals surface area contributed by atoms with Crippen LogP contribution in [0.1, 0.15) is 99.2 Å². The molecule has 1 heterocycles. The van der Waals surface area contributed by atoms with Gasteiger partial charge in [-0.25, -0.2) is 9.37 Å². The molecular weight excluding hydrogens is 716 g/mol. The van der Waals surface area contributed by atoms with Crippen molar-refractivity contribution in [1.29, 1.82) is 0 Å². The summed E-state index contributed by atoms with van der Waals surface area (Å²) in [6, 6.07) is 14.8. The Hall–Kier alpha value is -5.17. The van der Waals surface area contributed by atoms with Crippen LogP contribution in [0.2, 0.25) is 0 Å². The lowest BCUT2D eigenvalue weighted by atomic mass is 9.83. The smallest absolute Gasteiger partial charge is 0.270 e. The highest BCUT2D eigenvalue weighted by Gasteiger charge is 2.28. The van der Waals surface area contributed by atoms with E-state index in [1.165, 1.54) is 24.4 Å². The fourth-order valence-electron chi connectivity index (χ4n) is 6.04. The van der Waals surface area contributed by atoms with Crippen molar-refractivity contribution >= 4 is 35.1 Å². The molecule has 3 rings (SSSR count). The zero-order chi connectivity index (χ0) is 41.6. The molecule has 0 aliphatic rings. The van der Waals surface area contributed by atoms with Crippen molar-refractivity contribution < 1.29 is 33.1 Å². The summed E-state index contributed by atoms with van der Waals surface area (Å²) in [6.45, 7) is 13.0. The standard InChI is InChI=1S/C43H59FN6O6/c1-9-31(23-42(2,3)4)40(54)48-32-13-10-29(11-14-32)18-19-49(7)38(52)24-43(5,6)25-39(53)50(8)20-21-56-33-15-17-36(46-28-33)41(55)47-27-30-12-16-35(44)34(22-30)37(51)26-45/h10-17,22,28,31H,9,18-21,23-27,45H2,1-8H3,(H,47,55)(H,48,54)/t31-/m0/s1. The minimum atomic E-state index is -0.671. The van der Waals surface area contributed by atoms with Gasteiger partial charge >= 0.3 is 0 Å². The molecule has 0 aliphatic heterocycles. The first-order valence-corrected chi connectivity index (χ1v) is 19.1. The minimum Gasteiger partial charge on any atom is -0.490 e. The van der Waals surface area contributed by atoms with Crippen LogP contribution in [0.5, 0.6) is 5.75 Å². The first-order valence-electron chi connectivity index (χ1n) is 19.1. The van der Waals surface area contributed by atoms with Crippen LogP contribution >= 0.6 is 0 Å². The summed E-state index contributed by atoms with van der Waals surface area (Å²) in [5.41, 5.74) is 7.20. The Morgan fingerprint density at radius 1 is 0.875 bits per heavy atom.